The molecule has 364 valence electrons. The van der Waals surface area contributed by atoms with E-state index in [-0.39, 0.29) is 41.1 Å². The summed E-state index contributed by atoms with van der Waals surface area (Å²) in [6, 6.07) is 0. The van der Waals surface area contributed by atoms with Crippen LogP contribution in [-0.4, -0.2) is 185 Å². The van der Waals surface area contributed by atoms with Crippen LogP contribution in [0.1, 0.15) is 99.3 Å². The van der Waals surface area contributed by atoms with Gasteiger partial charge in [-0.2, -0.15) is 0 Å². The molecule has 7 rings (SSSR count). The van der Waals surface area contributed by atoms with Crippen molar-refractivity contribution in [1.82, 2.24) is 0 Å². The number of fused-ring (bicyclic) bond motifs is 5. The maximum absolute atomic E-state index is 11.9. The molecule has 7 aliphatic rings. The van der Waals surface area contributed by atoms with E-state index < -0.39 is 117 Å². The molecule has 3 saturated heterocycles. The highest BCUT2D eigenvalue weighted by Gasteiger charge is 2.63. The summed E-state index contributed by atoms with van der Waals surface area (Å²) in [6.45, 7) is 11.4. The first-order valence-corrected chi connectivity index (χ1v) is 23.3. The van der Waals surface area contributed by atoms with E-state index in [1.165, 1.54) is 12.5 Å². The number of ether oxygens (including phenoxy) is 6. The Morgan fingerprint density at radius 3 is 2.08 bits per heavy atom. The Morgan fingerprint density at radius 2 is 1.41 bits per heavy atom. The number of hydrogen-bond acceptors (Lipinski definition) is 18. The number of rotatable bonds is 13. The van der Waals surface area contributed by atoms with Crippen LogP contribution >= 0.6 is 0 Å². The van der Waals surface area contributed by atoms with Gasteiger partial charge in [0.05, 0.1) is 30.5 Å². The second-order valence-corrected chi connectivity index (χ2v) is 21.1. The van der Waals surface area contributed by atoms with E-state index >= 15 is 0 Å². The highest BCUT2D eigenvalue weighted by Crippen LogP contribution is 2.68. The van der Waals surface area contributed by atoms with Crippen molar-refractivity contribution in [2.75, 3.05) is 13.2 Å². The van der Waals surface area contributed by atoms with Crippen molar-refractivity contribution in [3.05, 3.63) is 11.6 Å². The van der Waals surface area contributed by atoms with Gasteiger partial charge in [-0.1, -0.05) is 39.3 Å². The number of allylic oxidation sites excluding steroid dienone is 1. The minimum absolute atomic E-state index is 0.0703. The van der Waals surface area contributed by atoms with Crippen LogP contribution < -0.4 is 0 Å². The first-order chi connectivity index (χ1) is 29.6. The van der Waals surface area contributed by atoms with Crippen molar-refractivity contribution in [2.24, 2.45) is 46.3 Å². The van der Waals surface area contributed by atoms with Gasteiger partial charge < -0.3 is 89.7 Å². The molecule has 3 aliphatic heterocycles. The molecule has 0 radical (unpaired) electrons. The highest BCUT2D eigenvalue weighted by atomic mass is 16.8. The second-order valence-electron chi connectivity index (χ2n) is 21.1. The molecule has 3 heterocycles. The lowest BCUT2D eigenvalue weighted by atomic mass is 9.46. The Hall–Kier alpha value is -0.980. The van der Waals surface area contributed by atoms with Crippen LogP contribution in [0.25, 0.3) is 0 Å². The lowest BCUT2D eigenvalue weighted by Crippen LogP contribution is -2.66. The van der Waals surface area contributed by atoms with Crippen LogP contribution in [0.15, 0.2) is 11.6 Å². The average molecular weight is 905 g/mol. The average Bonchev–Trinajstić information content (AvgIpc) is 3.53. The minimum atomic E-state index is -1.97. The van der Waals surface area contributed by atoms with E-state index in [4.69, 9.17) is 28.4 Å². The van der Waals surface area contributed by atoms with Gasteiger partial charge in [-0.05, 0) is 118 Å². The van der Waals surface area contributed by atoms with Crippen LogP contribution in [0.3, 0.4) is 0 Å². The van der Waals surface area contributed by atoms with E-state index in [0.717, 1.165) is 25.7 Å². The van der Waals surface area contributed by atoms with Crippen molar-refractivity contribution in [2.45, 2.75) is 209 Å². The van der Waals surface area contributed by atoms with Gasteiger partial charge in [-0.25, -0.2) is 0 Å². The Balaban J connectivity index is 1.08. The zero-order valence-electron chi connectivity index (χ0n) is 37.5. The Kier molecular flexibility index (Phi) is 15.2. The zero-order chi connectivity index (χ0) is 46.1. The summed E-state index contributed by atoms with van der Waals surface area (Å²) in [5.74, 6) is 0.824. The molecule has 0 bridgehead atoms. The third-order valence-corrected chi connectivity index (χ3v) is 17.2. The molecule has 3 saturated carbocycles. The first-order valence-electron chi connectivity index (χ1n) is 23.3. The highest BCUT2D eigenvalue weighted by molar-refractivity contribution is 5.26. The largest absolute Gasteiger partial charge is 0.396 e. The van der Waals surface area contributed by atoms with Gasteiger partial charge in [0.15, 0.2) is 25.2 Å². The normalized spacial score (nSPS) is 52.2. The number of aliphatic hydroxyl groups excluding tert-OH is 11. The van der Waals surface area contributed by atoms with Gasteiger partial charge >= 0.3 is 0 Å². The molecule has 0 aromatic heterocycles. The Labute approximate surface area is 369 Å². The third-order valence-electron chi connectivity index (χ3n) is 17.2. The first kappa shape index (κ1) is 49.9. The summed E-state index contributed by atoms with van der Waals surface area (Å²) < 4.78 is 35.7. The topological polar surface area (TPSA) is 298 Å². The van der Waals surface area contributed by atoms with Gasteiger partial charge in [-0.3, -0.25) is 0 Å². The van der Waals surface area contributed by atoms with Crippen LogP contribution in [0.2, 0.25) is 0 Å². The standard InChI is InChI=1S/C45H76O18/c1-19(17-46)9-14-45(6,57)20(2)29-27(48)16-26-24-8-7-22-15-23(10-12-43(22,4)25(24)11-13-44(26,29)5)59-42-38(62-41-35(54)32(51)33(52)39(56)63-41)36(55)37(28(18-47)60-42)61-40-34(53)31(50)30(49)21(3)58-40/h7,19-21,23-42,46-57H,8-18H2,1-6H3/t19-,20+,21?,23?,24-,25+,26+,27?,28?,29+,30+,31?,32?,33-,34+,35+,36?,37-,38+,39?,40+,41-,42-,43+,44+,45?/m1/s1. The minimum Gasteiger partial charge on any atom is -0.396 e. The van der Waals surface area contributed by atoms with E-state index in [1.807, 2.05) is 13.8 Å². The molecule has 0 amide bonds. The van der Waals surface area contributed by atoms with Gasteiger partial charge in [0, 0.05) is 6.61 Å². The molecule has 0 aromatic rings. The van der Waals surface area contributed by atoms with Crippen molar-refractivity contribution in [1.29, 1.82) is 0 Å². The summed E-state index contributed by atoms with van der Waals surface area (Å²) in [6.07, 6.45) is -16.7. The molecule has 18 heteroatoms. The predicted octanol–water partition coefficient (Wildman–Crippen LogP) is -0.849. The molecule has 63 heavy (non-hydrogen) atoms. The Morgan fingerprint density at radius 1 is 0.762 bits per heavy atom. The summed E-state index contributed by atoms with van der Waals surface area (Å²) >= 11 is 0. The number of hydrogen-bond donors (Lipinski definition) is 12. The molecule has 9 unspecified atom stereocenters. The van der Waals surface area contributed by atoms with Gasteiger partial charge in [0.1, 0.15) is 61.0 Å². The molecule has 4 aliphatic carbocycles. The van der Waals surface area contributed by atoms with Crippen LogP contribution in [-0.2, 0) is 28.4 Å². The van der Waals surface area contributed by atoms with Crippen molar-refractivity contribution < 1.29 is 89.7 Å². The lowest BCUT2D eigenvalue weighted by molar-refractivity contribution is -0.400. The molecule has 0 aromatic carbocycles. The third kappa shape index (κ3) is 9.20. The van der Waals surface area contributed by atoms with Crippen LogP contribution in [0, 0.1) is 46.3 Å². The molecular formula is C45H76O18. The van der Waals surface area contributed by atoms with Gasteiger partial charge in [0.25, 0.3) is 0 Å². The second kappa shape index (κ2) is 19.2. The lowest BCUT2D eigenvalue weighted by Gasteiger charge is -2.59. The van der Waals surface area contributed by atoms with Crippen molar-refractivity contribution in [3.8, 4) is 0 Å². The maximum Gasteiger partial charge on any atom is 0.189 e. The van der Waals surface area contributed by atoms with Crippen LogP contribution in [0.4, 0.5) is 0 Å². The predicted molar refractivity (Wildman–Crippen MR) is 219 cm³/mol. The van der Waals surface area contributed by atoms with E-state index in [2.05, 4.69) is 26.8 Å². The van der Waals surface area contributed by atoms with E-state index in [1.54, 1.807) is 0 Å². The van der Waals surface area contributed by atoms with Crippen molar-refractivity contribution in [3.63, 3.8) is 0 Å². The van der Waals surface area contributed by atoms with Crippen LogP contribution in [0.5, 0.6) is 0 Å². The quantitative estimate of drug-likeness (QED) is 0.100. The van der Waals surface area contributed by atoms with Crippen molar-refractivity contribution >= 4 is 0 Å². The molecule has 0 spiro atoms. The fourth-order valence-corrected chi connectivity index (χ4v) is 13.0. The Bertz CT molecular complexity index is 1570. The molecule has 12 N–H and O–H groups in total. The molecule has 6 fully saturated rings. The summed E-state index contributed by atoms with van der Waals surface area (Å²) in [7, 11) is 0. The summed E-state index contributed by atoms with van der Waals surface area (Å²) in [5.41, 5.74) is -0.0858. The van der Waals surface area contributed by atoms with E-state index in [9.17, 15) is 61.3 Å². The molecule has 18 nitrogen and oxygen atoms in total. The smallest absolute Gasteiger partial charge is 0.189 e. The van der Waals surface area contributed by atoms with Gasteiger partial charge in [-0.15, -0.1) is 0 Å². The SMILES string of the molecule is CC1O[C@@H](O[C@@H]2C(CO)O[C@@H](OC3CC[C@@]4(C)C(=CC[C@H]5[C@@H]6CC(O)[C@H]([C@H](C)C(C)(O)CC[C@@H](C)CO)[C@@]6(C)CC[C@@H]54)C3)[C@@H](O[C@@H]3OC(O)[C@H](O)C(O)[C@@H]3O)C2O)[C@@H](O)C(O)[C@H]1O. The molecular weight excluding hydrogens is 828 g/mol. The van der Waals surface area contributed by atoms with E-state index in [0.29, 0.717) is 43.9 Å². The maximum atomic E-state index is 11.9. The summed E-state index contributed by atoms with van der Waals surface area (Å²) in [4.78, 5) is 0. The fourth-order valence-electron chi connectivity index (χ4n) is 13.0. The van der Waals surface area contributed by atoms with Gasteiger partial charge in [0.2, 0.25) is 0 Å². The monoisotopic (exact) mass is 905 g/mol. The number of aliphatic hydroxyl groups is 12. The summed E-state index contributed by atoms with van der Waals surface area (Å²) in [5, 5.41) is 129. The zero-order valence-corrected chi connectivity index (χ0v) is 37.5. The molecule has 26 atom stereocenters. The fraction of sp³-hybridized carbons (Fsp3) is 0.956.